The van der Waals surface area contributed by atoms with Gasteiger partial charge in [0.1, 0.15) is 0 Å². The van der Waals surface area contributed by atoms with E-state index in [0.29, 0.717) is 0 Å². The fourth-order valence-corrected chi connectivity index (χ4v) is 2.28. The lowest BCUT2D eigenvalue weighted by molar-refractivity contribution is -0.117. The van der Waals surface area contributed by atoms with Crippen LogP contribution in [0.5, 0.6) is 0 Å². The summed E-state index contributed by atoms with van der Waals surface area (Å²) in [6, 6.07) is 7.87. The molecule has 0 bridgehead atoms. The lowest BCUT2D eigenvalue weighted by atomic mass is 10.3. The maximum Gasteiger partial charge on any atom is 0.230 e. The standard InChI is InChI=1S/C11H13N3OS/c1-7(10(12)15)16-11-13-8-5-3-4-6-9(8)14(11)2/h3-7H,1-2H3,(H2,12,15)/t7-/m1/s1. The van der Waals surface area contributed by atoms with Crippen molar-refractivity contribution in [2.75, 3.05) is 0 Å². The fourth-order valence-electron chi connectivity index (χ4n) is 1.45. The molecule has 1 amide bonds. The van der Waals surface area contributed by atoms with Gasteiger partial charge >= 0.3 is 0 Å². The largest absolute Gasteiger partial charge is 0.369 e. The van der Waals surface area contributed by atoms with Crippen molar-refractivity contribution in [1.82, 2.24) is 9.55 Å². The van der Waals surface area contributed by atoms with Gasteiger partial charge in [0.25, 0.3) is 0 Å². The van der Waals surface area contributed by atoms with Crippen LogP contribution >= 0.6 is 11.8 Å². The molecule has 2 aromatic rings. The Bertz CT molecular complexity index is 535. The Labute approximate surface area is 97.8 Å². The van der Waals surface area contributed by atoms with Crippen molar-refractivity contribution < 1.29 is 4.79 Å². The number of thioether (sulfide) groups is 1. The summed E-state index contributed by atoms with van der Waals surface area (Å²) >= 11 is 1.38. The number of amides is 1. The van der Waals surface area contributed by atoms with Crippen LogP contribution in [0.3, 0.4) is 0 Å². The van der Waals surface area contributed by atoms with Crippen molar-refractivity contribution in [1.29, 1.82) is 0 Å². The first-order valence-electron chi connectivity index (χ1n) is 4.97. The third-order valence-electron chi connectivity index (χ3n) is 2.43. The Kier molecular flexibility index (Phi) is 2.87. The number of benzene rings is 1. The van der Waals surface area contributed by atoms with Gasteiger partial charge in [0, 0.05) is 7.05 Å². The molecule has 1 heterocycles. The van der Waals surface area contributed by atoms with Crippen LogP contribution in [0.4, 0.5) is 0 Å². The van der Waals surface area contributed by atoms with Crippen LogP contribution in [0.15, 0.2) is 29.4 Å². The van der Waals surface area contributed by atoms with E-state index >= 15 is 0 Å². The van der Waals surface area contributed by atoms with E-state index in [9.17, 15) is 4.79 Å². The molecule has 0 saturated carbocycles. The summed E-state index contributed by atoms with van der Waals surface area (Å²) in [5.41, 5.74) is 7.22. The second-order valence-corrected chi connectivity index (χ2v) is 4.91. The number of nitrogens with two attached hydrogens (primary N) is 1. The zero-order valence-electron chi connectivity index (χ0n) is 9.18. The number of aryl methyl sites for hydroxylation is 1. The third-order valence-corrected chi connectivity index (χ3v) is 3.59. The monoisotopic (exact) mass is 235 g/mol. The van der Waals surface area contributed by atoms with Crippen molar-refractivity contribution in [3.8, 4) is 0 Å². The molecular weight excluding hydrogens is 222 g/mol. The summed E-state index contributed by atoms with van der Waals surface area (Å²) in [5.74, 6) is -0.322. The highest BCUT2D eigenvalue weighted by Crippen LogP contribution is 2.25. The SMILES string of the molecule is C[C@@H](Sc1nc2ccccc2n1C)C(N)=O. The molecule has 0 unspecified atom stereocenters. The minimum absolute atomic E-state index is 0.268. The number of nitrogens with zero attached hydrogens (tertiary/aromatic N) is 2. The topological polar surface area (TPSA) is 60.9 Å². The molecule has 0 radical (unpaired) electrons. The van der Waals surface area contributed by atoms with Gasteiger partial charge in [-0.15, -0.1) is 0 Å². The van der Waals surface area contributed by atoms with Gasteiger partial charge in [-0.1, -0.05) is 23.9 Å². The zero-order chi connectivity index (χ0) is 11.7. The Morgan fingerprint density at radius 3 is 2.81 bits per heavy atom. The number of hydrogen-bond acceptors (Lipinski definition) is 3. The predicted molar refractivity (Wildman–Crippen MR) is 65.2 cm³/mol. The number of rotatable bonds is 3. The number of para-hydroxylation sites is 2. The minimum Gasteiger partial charge on any atom is -0.369 e. The van der Waals surface area contributed by atoms with Gasteiger partial charge in [0.05, 0.1) is 16.3 Å². The summed E-state index contributed by atoms with van der Waals surface area (Å²) in [7, 11) is 1.94. The molecule has 84 valence electrons. The summed E-state index contributed by atoms with van der Waals surface area (Å²) in [5, 5.41) is 0.544. The van der Waals surface area contributed by atoms with Crippen molar-refractivity contribution in [3.63, 3.8) is 0 Å². The number of aromatic nitrogens is 2. The van der Waals surface area contributed by atoms with E-state index < -0.39 is 0 Å². The highest BCUT2D eigenvalue weighted by Gasteiger charge is 2.15. The summed E-state index contributed by atoms with van der Waals surface area (Å²) < 4.78 is 1.97. The molecule has 2 N–H and O–H groups in total. The lowest BCUT2D eigenvalue weighted by Gasteiger charge is -2.06. The highest BCUT2D eigenvalue weighted by molar-refractivity contribution is 8.00. The van der Waals surface area contributed by atoms with Crippen LogP contribution in [-0.4, -0.2) is 20.7 Å². The van der Waals surface area contributed by atoms with Gasteiger partial charge in [-0.3, -0.25) is 4.79 Å². The maximum absolute atomic E-state index is 11.0. The predicted octanol–water partition coefficient (Wildman–Crippen LogP) is 1.54. The quantitative estimate of drug-likeness (QED) is 0.821. The zero-order valence-corrected chi connectivity index (χ0v) is 9.99. The molecule has 0 aliphatic carbocycles. The number of hydrogen-bond donors (Lipinski definition) is 1. The van der Waals surface area contributed by atoms with Gasteiger partial charge in [-0.05, 0) is 19.1 Å². The second kappa shape index (κ2) is 4.17. The van der Waals surface area contributed by atoms with Crippen LogP contribution in [-0.2, 0) is 11.8 Å². The smallest absolute Gasteiger partial charge is 0.230 e. The van der Waals surface area contributed by atoms with E-state index in [-0.39, 0.29) is 11.2 Å². The van der Waals surface area contributed by atoms with E-state index in [1.165, 1.54) is 11.8 Å². The number of carbonyl (C=O) groups is 1. The van der Waals surface area contributed by atoms with Crippen LogP contribution in [0.1, 0.15) is 6.92 Å². The van der Waals surface area contributed by atoms with Crippen LogP contribution < -0.4 is 5.73 Å². The van der Waals surface area contributed by atoms with E-state index in [1.807, 2.05) is 35.9 Å². The van der Waals surface area contributed by atoms with Gasteiger partial charge in [0.15, 0.2) is 5.16 Å². The number of imidazole rings is 1. The molecule has 0 saturated heterocycles. The molecule has 0 fully saturated rings. The highest BCUT2D eigenvalue weighted by atomic mass is 32.2. The van der Waals surface area contributed by atoms with Gasteiger partial charge in [0.2, 0.25) is 5.91 Å². The van der Waals surface area contributed by atoms with E-state index in [0.717, 1.165) is 16.2 Å². The number of fused-ring (bicyclic) bond motifs is 1. The van der Waals surface area contributed by atoms with E-state index in [2.05, 4.69) is 4.98 Å². The summed E-state index contributed by atoms with van der Waals surface area (Å²) in [6.07, 6.45) is 0. The Balaban J connectivity index is 2.38. The van der Waals surface area contributed by atoms with Crippen molar-refractivity contribution >= 4 is 28.7 Å². The molecule has 0 aliphatic heterocycles. The van der Waals surface area contributed by atoms with Crippen LogP contribution in [0.2, 0.25) is 0 Å². The van der Waals surface area contributed by atoms with Gasteiger partial charge in [-0.2, -0.15) is 0 Å². The first-order chi connectivity index (χ1) is 7.59. The molecule has 2 rings (SSSR count). The van der Waals surface area contributed by atoms with Crippen molar-refractivity contribution in [3.05, 3.63) is 24.3 Å². The number of primary amides is 1. The Hall–Kier alpha value is -1.49. The second-order valence-electron chi connectivity index (χ2n) is 3.60. The molecule has 0 aliphatic rings. The molecule has 1 aromatic carbocycles. The molecule has 5 heteroatoms. The molecule has 4 nitrogen and oxygen atoms in total. The minimum atomic E-state index is -0.322. The van der Waals surface area contributed by atoms with Crippen LogP contribution in [0, 0.1) is 0 Å². The molecule has 16 heavy (non-hydrogen) atoms. The Morgan fingerprint density at radius 2 is 2.19 bits per heavy atom. The average Bonchev–Trinajstić information content (AvgIpc) is 2.56. The van der Waals surface area contributed by atoms with Gasteiger partial charge < -0.3 is 10.3 Å². The van der Waals surface area contributed by atoms with Crippen LogP contribution in [0.25, 0.3) is 11.0 Å². The number of carbonyl (C=O) groups excluding carboxylic acids is 1. The Morgan fingerprint density at radius 1 is 1.50 bits per heavy atom. The first-order valence-corrected chi connectivity index (χ1v) is 5.85. The lowest BCUT2D eigenvalue weighted by Crippen LogP contribution is -2.22. The summed E-state index contributed by atoms with van der Waals surface area (Å²) in [6.45, 7) is 1.78. The molecule has 1 aromatic heterocycles. The molecular formula is C11H13N3OS. The normalized spacial score (nSPS) is 12.9. The van der Waals surface area contributed by atoms with E-state index in [4.69, 9.17) is 5.73 Å². The van der Waals surface area contributed by atoms with Crippen molar-refractivity contribution in [2.45, 2.75) is 17.3 Å². The average molecular weight is 235 g/mol. The van der Waals surface area contributed by atoms with Crippen molar-refractivity contribution in [2.24, 2.45) is 12.8 Å². The van der Waals surface area contributed by atoms with Gasteiger partial charge in [-0.25, -0.2) is 4.98 Å². The summed E-state index contributed by atoms with van der Waals surface area (Å²) in [4.78, 5) is 15.4. The maximum atomic E-state index is 11.0. The fraction of sp³-hybridized carbons (Fsp3) is 0.273. The first kappa shape index (κ1) is 11.0. The molecule has 1 atom stereocenters. The van der Waals surface area contributed by atoms with E-state index in [1.54, 1.807) is 6.92 Å². The third kappa shape index (κ3) is 1.90. The molecule has 0 spiro atoms.